The molecule has 1 atom stereocenters. The molecule has 0 bridgehead atoms. The number of halogens is 1. The molecule has 4 aromatic rings. The fraction of sp³-hybridized carbons (Fsp3) is 0.0455. The van der Waals surface area contributed by atoms with Crippen LogP contribution >= 0.6 is 15.9 Å². The summed E-state index contributed by atoms with van der Waals surface area (Å²) in [5, 5.41) is 6.98. The van der Waals surface area contributed by atoms with Crippen molar-refractivity contribution in [2.75, 3.05) is 0 Å². The number of aromatic nitrogens is 2. The van der Waals surface area contributed by atoms with E-state index in [-0.39, 0.29) is 17.6 Å². The minimum Gasteiger partial charge on any atom is -0.355 e. The van der Waals surface area contributed by atoms with E-state index >= 15 is 0 Å². The maximum atomic E-state index is 12.9. The van der Waals surface area contributed by atoms with Gasteiger partial charge in [0.25, 0.3) is 5.91 Å². The molecule has 0 spiro atoms. The van der Waals surface area contributed by atoms with Crippen LogP contribution in [0.15, 0.2) is 94.2 Å². The quantitative estimate of drug-likeness (QED) is 0.479. The normalized spacial score (nSPS) is 11.8. The van der Waals surface area contributed by atoms with Gasteiger partial charge in [-0.3, -0.25) is 9.78 Å². The number of hydrogen-bond donors (Lipinski definition) is 1. The lowest BCUT2D eigenvalue weighted by Gasteiger charge is -2.19. The van der Waals surface area contributed by atoms with Gasteiger partial charge in [-0.1, -0.05) is 63.6 Å². The highest BCUT2D eigenvalue weighted by Gasteiger charge is 2.20. The number of hydrogen-bond acceptors (Lipinski definition) is 4. The van der Waals surface area contributed by atoms with E-state index in [0.29, 0.717) is 5.76 Å². The summed E-state index contributed by atoms with van der Waals surface area (Å²) in [7, 11) is 0. The molecular weight excluding hydrogens is 418 g/mol. The van der Waals surface area contributed by atoms with Crippen LogP contribution < -0.4 is 5.32 Å². The summed E-state index contributed by atoms with van der Waals surface area (Å²) < 4.78 is 6.30. The second-order valence-corrected chi connectivity index (χ2v) is 7.10. The van der Waals surface area contributed by atoms with Crippen LogP contribution in [0.3, 0.4) is 0 Å². The molecule has 0 aliphatic heterocycles. The van der Waals surface area contributed by atoms with Gasteiger partial charge in [0.15, 0.2) is 11.5 Å². The van der Waals surface area contributed by atoms with Gasteiger partial charge in [0.2, 0.25) is 0 Å². The van der Waals surface area contributed by atoms with E-state index in [1.165, 1.54) is 0 Å². The lowest BCUT2D eigenvalue weighted by Crippen LogP contribution is -2.29. The summed E-state index contributed by atoms with van der Waals surface area (Å²) in [6, 6.07) is 22.6. The Bertz CT molecular complexity index is 1060. The first-order valence-electron chi connectivity index (χ1n) is 8.69. The molecule has 0 aliphatic rings. The predicted octanol–water partition coefficient (Wildman–Crippen LogP) is 5.02. The van der Waals surface area contributed by atoms with Crippen LogP contribution in [0.4, 0.5) is 0 Å². The van der Waals surface area contributed by atoms with Gasteiger partial charge < -0.3 is 9.84 Å². The molecule has 4 rings (SSSR count). The Morgan fingerprint density at radius 1 is 0.964 bits per heavy atom. The van der Waals surface area contributed by atoms with Crippen molar-refractivity contribution in [1.29, 1.82) is 0 Å². The van der Waals surface area contributed by atoms with Crippen LogP contribution in [0.2, 0.25) is 0 Å². The third-order valence-corrected chi connectivity index (χ3v) is 4.83. The fourth-order valence-corrected chi connectivity index (χ4v) is 3.16. The molecule has 2 aromatic heterocycles. The van der Waals surface area contributed by atoms with Crippen molar-refractivity contribution in [1.82, 2.24) is 15.5 Å². The second-order valence-electron chi connectivity index (χ2n) is 6.19. The molecule has 5 nitrogen and oxygen atoms in total. The van der Waals surface area contributed by atoms with Crippen molar-refractivity contribution in [3.63, 3.8) is 0 Å². The minimum absolute atomic E-state index is 0.219. The molecular formula is C22H16BrN3O2. The van der Waals surface area contributed by atoms with Gasteiger partial charge in [0, 0.05) is 28.5 Å². The van der Waals surface area contributed by atoms with Gasteiger partial charge in [-0.15, -0.1) is 0 Å². The number of amides is 1. The first-order chi connectivity index (χ1) is 13.7. The molecule has 138 valence electrons. The molecule has 0 saturated carbocycles. The molecule has 28 heavy (non-hydrogen) atoms. The summed E-state index contributed by atoms with van der Waals surface area (Å²) in [5.41, 5.74) is 2.94. The molecule has 0 saturated heterocycles. The zero-order valence-electron chi connectivity index (χ0n) is 14.7. The van der Waals surface area contributed by atoms with Crippen LogP contribution in [0.25, 0.3) is 11.3 Å². The Morgan fingerprint density at radius 2 is 1.71 bits per heavy atom. The van der Waals surface area contributed by atoms with E-state index in [1.807, 2.05) is 60.7 Å². The van der Waals surface area contributed by atoms with Crippen LogP contribution in [0, 0.1) is 0 Å². The smallest absolute Gasteiger partial charge is 0.274 e. The third-order valence-electron chi connectivity index (χ3n) is 4.30. The maximum Gasteiger partial charge on any atom is 0.274 e. The molecule has 2 aromatic carbocycles. The largest absolute Gasteiger partial charge is 0.355 e. The van der Waals surface area contributed by atoms with Gasteiger partial charge in [-0.25, -0.2) is 0 Å². The average molecular weight is 434 g/mol. The lowest BCUT2D eigenvalue weighted by atomic mass is 9.98. The number of nitrogens with one attached hydrogen (secondary N) is 1. The minimum atomic E-state index is -0.310. The Hall–Kier alpha value is -3.25. The van der Waals surface area contributed by atoms with Gasteiger partial charge in [-0.2, -0.15) is 0 Å². The third kappa shape index (κ3) is 4.02. The molecule has 0 fully saturated rings. The topological polar surface area (TPSA) is 68.0 Å². The summed E-state index contributed by atoms with van der Waals surface area (Å²) in [6.45, 7) is 0. The average Bonchev–Trinajstić information content (AvgIpc) is 3.24. The molecule has 6 heteroatoms. The molecule has 1 unspecified atom stereocenters. The highest BCUT2D eigenvalue weighted by Crippen LogP contribution is 2.25. The summed E-state index contributed by atoms with van der Waals surface area (Å²) in [5.74, 6) is 0.189. The van der Waals surface area contributed by atoms with Gasteiger partial charge in [-0.05, 0) is 35.4 Å². The Kier molecular flexibility index (Phi) is 5.30. The number of carbonyl (C=O) groups excluding carboxylic acids is 1. The Balaban J connectivity index is 1.61. The van der Waals surface area contributed by atoms with Gasteiger partial charge >= 0.3 is 0 Å². The SMILES string of the molecule is O=C(NC(c1ccccc1)c1ccc(Br)cc1)c1cc(-c2cccnc2)on1. The van der Waals surface area contributed by atoms with Crippen molar-refractivity contribution in [2.24, 2.45) is 0 Å². The highest BCUT2D eigenvalue weighted by molar-refractivity contribution is 9.10. The Labute approximate surface area is 170 Å². The van der Waals surface area contributed by atoms with Crippen molar-refractivity contribution in [2.45, 2.75) is 6.04 Å². The molecule has 1 amide bonds. The summed E-state index contributed by atoms with van der Waals surface area (Å²) >= 11 is 3.45. The second kappa shape index (κ2) is 8.19. The summed E-state index contributed by atoms with van der Waals surface area (Å²) in [4.78, 5) is 16.9. The number of carbonyl (C=O) groups is 1. The maximum absolute atomic E-state index is 12.9. The monoisotopic (exact) mass is 433 g/mol. The summed E-state index contributed by atoms with van der Waals surface area (Å²) in [6.07, 6.45) is 3.34. The fourth-order valence-electron chi connectivity index (χ4n) is 2.89. The first-order valence-corrected chi connectivity index (χ1v) is 9.48. The first kappa shape index (κ1) is 18.1. The van der Waals surface area contributed by atoms with Gasteiger partial charge in [0.1, 0.15) is 0 Å². The number of rotatable bonds is 5. The zero-order chi connectivity index (χ0) is 19.3. The van der Waals surface area contributed by atoms with Crippen LogP contribution in [-0.4, -0.2) is 16.0 Å². The molecule has 2 heterocycles. The van der Waals surface area contributed by atoms with E-state index in [2.05, 4.69) is 31.4 Å². The lowest BCUT2D eigenvalue weighted by molar-refractivity contribution is 0.0934. The van der Waals surface area contributed by atoms with E-state index in [4.69, 9.17) is 4.52 Å². The Morgan fingerprint density at radius 3 is 2.43 bits per heavy atom. The van der Waals surface area contributed by atoms with Gasteiger partial charge in [0.05, 0.1) is 6.04 Å². The number of nitrogens with zero attached hydrogens (tertiary/aromatic N) is 2. The number of benzene rings is 2. The van der Waals surface area contributed by atoms with Crippen molar-refractivity contribution >= 4 is 21.8 Å². The highest BCUT2D eigenvalue weighted by atomic mass is 79.9. The van der Waals surface area contributed by atoms with E-state index < -0.39 is 0 Å². The van der Waals surface area contributed by atoms with Crippen LogP contribution in [-0.2, 0) is 0 Å². The standard InChI is InChI=1S/C22H16BrN3O2/c23-18-10-8-16(9-11-18)21(15-5-2-1-3-6-15)25-22(27)19-13-20(28-26-19)17-7-4-12-24-14-17/h1-14,21H,(H,25,27). The van der Waals surface area contributed by atoms with Crippen molar-refractivity contribution < 1.29 is 9.32 Å². The van der Waals surface area contributed by atoms with E-state index in [9.17, 15) is 4.79 Å². The molecule has 0 aliphatic carbocycles. The van der Waals surface area contributed by atoms with E-state index in [0.717, 1.165) is 21.2 Å². The zero-order valence-corrected chi connectivity index (χ0v) is 16.3. The molecule has 0 radical (unpaired) electrons. The van der Waals surface area contributed by atoms with Crippen molar-refractivity contribution in [3.05, 3.63) is 106 Å². The predicted molar refractivity (Wildman–Crippen MR) is 110 cm³/mol. The van der Waals surface area contributed by atoms with Crippen LogP contribution in [0.5, 0.6) is 0 Å². The number of pyridine rings is 1. The van der Waals surface area contributed by atoms with Crippen LogP contribution in [0.1, 0.15) is 27.7 Å². The van der Waals surface area contributed by atoms with E-state index in [1.54, 1.807) is 24.5 Å². The molecule has 1 N–H and O–H groups in total. The van der Waals surface area contributed by atoms with Crippen molar-refractivity contribution in [3.8, 4) is 11.3 Å².